The van der Waals surface area contributed by atoms with E-state index in [9.17, 15) is 19.7 Å². The summed E-state index contributed by atoms with van der Waals surface area (Å²) in [7, 11) is 0. The molecule has 6 rings (SSSR count). The largest absolute Gasteiger partial charge is 0.490 e. The zero-order valence-electron chi connectivity index (χ0n) is 26.3. The number of halogens is 1. The summed E-state index contributed by atoms with van der Waals surface area (Å²) in [6.07, 6.45) is 1.75. The van der Waals surface area contributed by atoms with Crippen LogP contribution in [0.15, 0.2) is 99.9 Å². The molecule has 0 amide bonds. The van der Waals surface area contributed by atoms with Crippen LogP contribution < -0.4 is 24.4 Å². The molecule has 12 heteroatoms. The van der Waals surface area contributed by atoms with Crippen LogP contribution in [0.2, 0.25) is 0 Å². The first-order chi connectivity index (χ1) is 23.2. The lowest BCUT2D eigenvalue weighted by Gasteiger charge is -2.24. The Bertz CT molecular complexity index is 2290. The Morgan fingerprint density at radius 3 is 2.56 bits per heavy atom. The maximum Gasteiger partial charge on any atom is 0.338 e. The summed E-state index contributed by atoms with van der Waals surface area (Å²) in [5.74, 6) is 0.503. The first-order valence-corrected chi connectivity index (χ1v) is 17.1. The van der Waals surface area contributed by atoms with Crippen LogP contribution in [0, 0.1) is 13.7 Å². The van der Waals surface area contributed by atoms with Crippen LogP contribution in [0.1, 0.15) is 43.5 Å². The number of rotatable bonds is 10. The third-order valence-electron chi connectivity index (χ3n) is 7.74. The highest BCUT2D eigenvalue weighted by Crippen LogP contribution is 2.36. The van der Waals surface area contributed by atoms with E-state index in [-0.39, 0.29) is 17.9 Å². The number of nitrogens with zero attached hydrogens (tertiary/aromatic N) is 3. The molecule has 0 aliphatic carbocycles. The second-order valence-corrected chi connectivity index (χ2v) is 13.1. The van der Waals surface area contributed by atoms with Gasteiger partial charge in [-0.1, -0.05) is 59.9 Å². The van der Waals surface area contributed by atoms with Crippen molar-refractivity contribution >= 4 is 62.4 Å². The van der Waals surface area contributed by atoms with Gasteiger partial charge in [0.25, 0.3) is 11.2 Å². The van der Waals surface area contributed by atoms with Gasteiger partial charge < -0.3 is 14.2 Å². The zero-order chi connectivity index (χ0) is 33.9. The fourth-order valence-electron chi connectivity index (χ4n) is 5.63. The number of benzene rings is 4. The van der Waals surface area contributed by atoms with Crippen LogP contribution in [0.3, 0.4) is 0 Å². The Kier molecular flexibility index (Phi) is 9.73. The van der Waals surface area contributed by atoms with Crippen LogP contribution in [0.25, 0.3) is 16.8 Å². The highest BCUT2D eigenvalue weighted by atomic mass is 127. The van der Waals surface area contributed by atoms with Crippen LogP contribution in [0.5, 0.6) is 11.5 Å². The van der Waals surface area contributed by atoms with Crippen molar-refractivity contribution < 1.29 is 23.9 Å². The fraction of sp³-hybridized carbons (Fsp3) is 0.194. The minimum Gasteiger partial charge on any atom is -0.490 e. The minimum absolute atomic E-state index is 0.116. The van der Waals surface area contributed by atoms with E-state index in [1.807, 2.05) is 37.3 Å². The van der Waals surface area contributed by atoms with Gasteiger partial charge in [-0.05, 0) is 95.1 Å². The van der Waals surface area contributed by atoms with E-state index >= 15 is 0 Å². The first-order valence-electron chi connectivity index (χ1n) is 15.2. The Hall–Kier alpha value is -4.82. The topological polar surface area (TPSA) is 122 Å². The number of fused-ring (bicyclic) bond motifs is 2. The number of hydrogen-bond acceptors (Lipinski definition) is 9. The summed E-state index contributed by atoms with van der Waals surface area (Å²) in [6, 6.07) is 23.1. The molecule has 0 saturated carbocycles. The lowest BCUT2D eigenvalue weighted by Crippen LogP contribution is -2.40. The van der Waals surface area contributed by atoms with Crippen LogP contribution in [-0.2, 0) is 16.1 Å². The summed E-state index contributed by atoms with van der Waals surface area (Å²) in [5.41, 5.74) is 2.10. The van der Waals surface area contributed by atoms with Gasteiger partial charge >= 0.3 is 5.97 Å². The molecule has 1 aliphatic rings. The number of nitro groups is 1. The van der Waals surface area contributed by atoms with Gasteiger partial charge in [-0.2, -0.15) is 0 Å². The number of esters is 1. The first kappa shape index (κ1) is 33.1. The number of thiazole rings is 1. The number of aromatic nitrogens is 1. The van der Waals surface area contributed by atoms with Crippen molar-refractivity contribution in [1.82, 2.24) is 4.57 Å². The predicted molar refractivity (Wildman–Crippen MR) is 192 cm³/mol. The molecule has 244 valence electrons. The van der Waals surface area contributed by atoms with Crippen molar-refractivity contribution in [2.24, 2.45) is 4.99 Å². The standard InChI is InChI=1S/C36H30IN3O7S/c1-4-45-29-17-23(16-28(37)33(29)47-20-22-13-14-24-9-6-7-10-25(24)15-22)18-30-34(41)39-32(26-11-8-12-27(19-26)40(43)44)31(35(42)46-5-2)21(3)38-36(39)48-30/h6-19,32H,4-5,20H2,1-3H3/b30-18+/t32-/m0/s1. The van der Waals surface area contributed by atoms with E-state index in [1.54, 1.807) is 26.0 Å². The van der Waals surface area contributed by atoms with Crippen molar-refractivity contribution in [2.45, 2.75) is 33.4 Å². The molecular formula is C36H30IN3O7S. The second-order valence-electron chi connectivity index (χ2n) is 10.9. The molecule has 0 fully saturated rings. The molecule has 0 bridgehead atoms. The molecule has 48 heavy (non-hydrogen) atoms. The van der Waals surface area contributed by atoms with Crippen molar-refractivity contribution in [3.8, 4) is 11.5 Å². The zero-order valence-corrected chi connectivity index (χ0v) is 29.2. The molecule has 2 heterocycles. The number of hydrogen-bond donors (Lipinski definition) is 0. The van der Waals surface area contributed by atoms with E-state index < -0.39 is 22.5 Å². The van der Waals surface area contributed by atoms with Gasteiger partial charge in [0.2, 0.25) is 0 Å². The van der Waals surface area contributed by atoms with Crippen molar-refractivity contribution in [2.75, 3.05) is 13.2 Å². The molecular weight excluding hydrogens is 745 g/mol. The number of nitro benzene ring substituents is 1. The highest BCUT2D eigenvalue weighted by molar-refractivity contribution is 14.1. The molecule has 0 unspecified atom stereocenters. The molecule has 1 atom stereocenters. The van der Waals surface area contributed by atoms with Crippen LogP contribution in [0.4, 0.5) is 5.69 Å². The highest BCUT2D eigenvalue weighted by Gasteiger charge is 2.34. The Balaban J connectivity index is 1.40. The van der Waals surface area contributed by atoms with Gasteiger partial charge in [0, 0.05) is 12.1 Å². The molecule has 0 spiro atoms. The molecule has 5 aromatic rings. The van der Waals surface area contributed by atoms with Gasteiger partial charge in [-0.3, -0.25) is 19.5 Å². The number of carbonyl (C=O) groups is 1. The normalized spacial score (nSPS) is 14.4. The SMILES string of the molecule is CCOC(=O)C1=C(C)N=c2s/c(=C/c3cc(I)c(OCc4ccc5ccccc5c4)c(OCC)c3)c(=O)n2[C@H]1c1cccc([N+](=O)[O-])c1. The number of allylic oxidation sites excluding steroid dienone is 1. The predicted octanol–water partition coefficient (Wildman–Crippen LogP) is 6.44. The number of non-ortho nitro benzene ring substituents is 1. The summed E-state index contributed by atoms with van der Waals surface area (Å²) < 4.78 is 20.2. The lowest BCUT2D eigenvalue weighted by atomic mass is 9.95. The Morgan fingerprint density at radius 2 is 1.81 bits per heavy atom. The third kappa shape index (κ3) is 6.62. The molecule has 1 aromatic heterocycles. The molecule has 4 aromatic carbocycles. The number of carbonyl (C=O) groups excluding carboxylic acids is 1. The van der Waals surface area contributed by atoms with Gasteiger partial charge in [-0.25, -0.2) is 9.79 Å². The second kappa shape index (κ2) is 14.1. The quantitative estimate of drug-likeness (QED) is 0.0693. The molecule has 1 aliphatic heterocycles. The van der Waals surface area contributed by atoms with E-state index in [4.69, 9.17) is 14.2 Å². The summed E-state index contributed by atoms with van der Waals surface area (Å²) in [4.78, 5) is 43.3. The average molecular weight is 776 g/mol. The molecule has 10 nitrogen and oxygen atoms in total. The van der Waals surface area contributed by atoms with Crippen LogP contribution >= 0.6 is 33.9 Å². The third-order valence-corrected chi connectivity index (χ3v) is 9.52. The molecule has 0 N–H and O–H groups in total. The smallest absolute Gasteiger partial charge is 0.338 e. The Labute approximate surface area is 292 Å². The van der Waals surface area contributed by atoms with E-state index in [0.717, 1.165) is 19.9 Å². The van der Waals surface area contributed by atoms with Gasteiger partial charge in [0.1, 0.15) is 6.61 Å². The van der Waals surface area contributed by atoms with Gasteiger partial charge in [0.05, 0.1) is 43.6 Å². The number of ether oxygens (including phenoxy) is 3. The summed E-state index contributed by atoms with van der Waals surface area (Å²) in [5, 5.41) is 13.9. The summed E-state index contributed by atoms with van der Waals surface area (Å²) in [6.45, 7) is 6.11. The maximum atomic E-state index is 14.1. The molecule has 0 radical (unpaired) electrons. The monoisotopic (exact) mass is 775 g/mol. The van der Waals surface area contributed by atoms with E-state index in [2.05, 4.69) is 51.8 Å². The van der Waals surface area contributed by atoms with Crippen molar-refractivity contribution in [3.63, 3.8) is 0 Å². The fourth-order valence-corrected chi connectivity index (χ4v) is 7.45. The van der Waals surface area contributed by atoms with Crippen molar-refractivity contribution in [3.05, 3.63) is 140 Å². The van der Waals surface area contributed by atoms with Gasteiger partial charge in [-0.15, -0.1) is 0 Å². The minimum atomic E-state index is -0.965. The molecule has 0 saturated heterocycles. The average Bonchev–Trinajstić information content (AvgIpc) is 3.37. The van der Waals surface area contributed by atoms with Gasteiger partial charge in [0.15, 0.2) is 16.3 Å². The maximum absolute atomic E-state index is 14.1. The summed E-state index contributed by atoms with van der Waals surface area (Å²) >= 11 is 3.37. The van der Waals surface area contributed by atoms with Crippen molar-refractivity contribution in [1.29, 1.82) is 0 Å². The van der Waals surface area contributed by atoms with Crippen LogP contribution in [-0.4, -0.2) is 28.7 Å². The van der Waals surface area contributed by atoms with E-state index in [1.165, 1.54) is 34.1 Å². The lowest BCUT2D eigenvalue weighted by molar-refractivity contribution is -0.384. The Morgan fingerprint density at radius 1 is 1.02 bits per heavy atom. The van der Waals surface area contributed by atoms with E-state index in [0.29, 0.717) is 50.9 Å².